The van der Waals surface area contributed by atoms with E-state index in [1.165, 1.54) is 16.0 Å². The maximum absolute atomic E-state index is 4.41. The van der Waals surface area contributed by atoms with Crippen LogP contribution in [0, 0.1) is 6.92 Å². The Bertz CT molecular complexity index is 540. The SMILES string of the molecule is CCNCc1cc(C)ccc1Sc1ccc(Br)cn1. The zero-order valence-corrected chi connectivity index (χ0v) is 13.5. The molecule has 0 atom stereocenters. The molecule has 0 aliphatic rings. The van der Waals surface area contributed by atoms with Crippen LogP contribution in [0.3, 0.4) is 0 Å². The fourth-order valence-electron chi connectivity index (χ4n) is 1.74. The molecule has 1 heterocycles. The number of aromatic nitrogens is 1. The highest BCUT2D eigenvalue weighted by atomic mass is 79.9. The monoisotopic (exact) mass is 336 g/mol. The first-order valence-electron chi connectivity index (χ1n) is 6.28. The van der Waals surface area contributed by atoms with Gasteiger partial charge in [0.2, 0.25) is 0 Å². The average Bonchev–Trinajstić information content (AvgIpc) is 2.41. The standard InChI is InChI=1S/C15H17BrN2S/c1-3-17-9-12-8-11(2)4-6-14(12)19-15-7-5-13(16)10-18-15/h4-8,10,17H,3,9H2,1-2H3. The van der Waals surface area contributed by atoms with Gasteiger partial charge in [0.15, 0.2) is 0 Å². The normalized spacial score (nSPS) is 10.7. The van der Waals surface area contributed by atoms with Crippen molar-refractivity contribution in [3.05, 3.63) is 52.1 Å². The molecular weight excluding hydrogens is 320 g/mol. The maximum Gasteiger partial charge on any atom is 0.101 e. The number of benzene rings is 1. The Hall–Kier alpha value is -0.840. The minimum atomic E-state index is 0.900. The first-order valence-corrected chi connectivity index (χ1v) is 7.89. The lowest BCUT2D eigenvalue weighted by Gasteiger charge is -2.10. The van der Waals surface area contributed by atoms with Crippen molar-refractivity contribution in [1.29, 1.82) is 0 Å². The van der Waals surface area contributed by atoms with Gasteiger partial charge >= 0.3 is 0 Å². The van der Waals surface area contributed by atoms with Gasteiger partial charge in [0.05, 0.1) is 0 Å². The van der Waals surface area contributed by atoms with Crippen molar-refractivity contribution in [2.24, 2.45) is 0 Å². The van der Waals surface area contributed by atoms with Crippen LogP contribution in [0.15, 0.2) is 50.9 Å². The topological polar surface area (TPSA) is 24.9 Å². The van der Waals surface area contributed by atoms with Crippen molar-refractivity contribution in [1.82, 2.24) is 10.3 Å². The number of hydrogen-bond acceptors (Lipinski definition) is 3. The van der Waals surface area contributed by atoms with Crippen LogP contribution < -0.4 is 5.32 Å². The first-order chi connectivity index (χ1) is 9.19. The van der Waals surface area contributed by atoms with E-state index in [0.717, 1.165) is 22.6 Å². The summed E-state index contributed by atoms with van der Waals surface area (Å²) in [6.45, 7) is 6.13. The molecule has 0 amide bonds. The van der Waals surface area contributed by atoms with Gasteiger partial charge in [-0.25, -0.2) is 4.98 Å². The van der Waals surface area contributed by atoms with Gasteiger partial charge in [-0.3, -0.25) is 0 Å². The summed E-state index contributed by atoms with van der Waals surface area (Å²) < 4.78 is 1.01. The van der Waals surface area contributed by atoms with Gasteiger partial charge < -0.3 is 5.32 Å². The quantitative estimate of drug-likeness (QED) is 0.875. The molecule has 0 aliphatic heterocycles. The molecule has 0 unspecified atom stereocenters. The summed E-state index contributed by atoms with van der Waals surface area (Å²) in [7, 11) is 0. The third kappa shape index (κ3) is 4.34. The third-order valence-electron chi connectivity index (χ3n) is 2.70. The van der Waals surface area contributed by atoms with E-state index in [0.29, 0.717) is 0 Å². The van der Waals surface area contributed by atoms with E-state index in [4.69, 9.17) is 0 Å². The lowest BCUT2D eigenvalue weighted by atomic mass is 10.1. The lowest BCUT2D eigenvalue weighted by Crippen LogP contribution is -2.12. The van der Waals surface area contributed by atoms with Crippen molar-refractivity contribution in [2.45, 2.75) is 30.3 Å². The summed E-state index contributed by atoms with van der Waals surface area (Å²) in [5, 5.41) is 4.40. The molecule has 0 bridgehead atoms. The minimum Gasteiger partial charge on any atom is -0.313 e. The second-order valence-corrected chi connectivity index (χ2v) is 6.29. The molecule has 2 aromatic rings. The molecule has 4 heteroatoms. The molecule has 1 aromatic carbocycles. The summed E-state index contributed by atoms with van der Waals surface area (Å²) in [4.78, 5) is 5.68. The van der Waals surface area contributed by atoms with E-state index in [9.17, 15) is 0 Å². The molecule has 0 saturated heterocycles. The van der Waals surface area contributed by atoms with E-state index in [2.05, 4.69) is 58.3 Å². The van der Waals surface area contributed by atoms with Crippen LogP contribution in [0.4, 0.5) is 0 Å². The van der Waals surface area contributed by atoms with Crippen molar-refractivity contribution in [3.63, 3.8) is 0 Å². The second-order valence-electron chi connectivity index (χ2n) is 4.31. The number of nitrogens with zero attached hydrogens (tertiary/aromatic N) is 1. The fraction of sp³-hybridized carbons (Fsp3) is 0.267. The van der Waals surface area contributed by atoms with Crippen molar-refractivity contribution >= 4 is 27.7 Å². The van der Waals surface area contributed by atoms with Crippen LogP contribution >= 0.6 is 27.7 Å². The van der Waals surface area contributed by atoms with Gasteiger partial charge in [0.25, 0.3) is 0 Å². The molecule has 0 fully saturated rings. The molecular formula is C15H17BrN2S. The first kappa shape index (κ1) is 14.6. The summed E-state index contributed by atoms with van der Waals surface area (Å²) >= 11 is 5.12. The van der Waals surface area contributed by atoms with Gasteiger partial charge in [-0.15, -0.1) is 0 Å². The molecule has 100 valence electrons. The van der Waals surface area contributed by atoms with Gasteiger partial charge in [-0.1, -0.05) is 36.4 Å². The van der Waals surface area contributed by atoms with Gasteiger partial charge in [-0.05, 0) is 53.2 Å². The van der Waals surface area contributed by atoms with Crippen LogP contribution in [0.1, 0.15) is 18.1 Å². The number of hydrogen-bond donors (Lipinski definition) is 1. The van der Waals surface area contributed by atoms with Crippen molar-refractivity contribution in [3.8, 4) is 0 Å². The molecule has 2 nitrogen and oxygen atoms in total. The summed E-state index contributed by atoms with van der Waals surface area (Å²) in [5.74, 6) is 0. The Kier molecular flexibility index (Phi) is 5.43. The Labute approximate surface area is 127 Å². The van der Waals surface area contributed by atoms with Crippen LogP contribution in [-0.2, 0) is 6.54 Å². The minimum absolute atomic E-state index is 0.900. The van der Waals surface area contributed by atoms with Gasteiger partial charge in [0, 0.05) is 22.1 Å². The number of nitrogens with one attached hydrogen (secondary N) is 1. The van der Waals surface area contributed by atoms with Crippen LogP contribution in [0.25, 0.3) is 0 Å². The summed E-state index contributed by atoms with van der Waals surface area (Å²) in [6.07, 6.45) is 1.83. The lowest BCUT2D eigenvalue weighted by molar-refractivity contribution is 0.717. The van der Waals surface area contributed by atoms with Gasteiger partial charge in [0.1, 0.15) is 5.03 Å². The van der Waals surface area contributed by atoms with Crippen LogP contribution in [0.2, 0.25) is 0 Å². The average molecular weight is 337 g/mol. The second kappa shape index (κ2) is 7.08. The largest absolute Gasteiger partial charge is 0.313 e. The number of rotatable bonds is 5. The third-order valence-corrected chi connectivity index (χ3v) is 4.23. The van der Waals surface area contributed by atoms with E-state index in [-0.39, 0.29) is 0 Å². The molecule has 0 radical (unpaired) electrons. The molecule has 1 N–H and O–H groups in total. The fourth-order valence-corrected chi connectivity index (χ4v) is 2.84. The molecule has 19 heavy (non-hydrogen) atoms. The summed E-state index contributed by atoms with van der Waals surface area (Å²) in [5.41, 5.74) is 2.62. The number of aryl methyl sites for hydroxylation is 1. The Balaban J connectivity index is 2.20. The summed E-state index contributed by atoms with van der Waals surface area (Å²) in [6, 6.07) is 10.6. The van der Waals surface area contributed by atoms with E-state index < -0.39 is 0 Å². The Morgan fingerprint density at radius 2 is 2.11 bits per heavy atom. The highest BCUT2D eigenvalue weighted by Crippen LogP contribution is 2.30. The van der Waals surface area contributed by atoms with Crippen LogP contribution in [0.5, 0.6) is 0 Å². The maximum atomic E-state index is 4.41. The smallest absolute Gasteiger partial charge is 0.101 e. The predicted molar refractivity (Wildman–Crippen MR) is 84.6 cm³/mol. The Morgan fingerprint density at radius 3 is 2.79 bits per heavy atom. The zero-order valence-electron chi connectivity index (χ0n) is 11.1. The van der Waals surface area contributed by atoms with Crippen LogP contribution in [-0.4, -0.2) is 11.5 Å². The highest BCUT2D eigenvalue weighted by Gasteiger charge is 2.05. The van der Waals surface area contributed by atoms with Crippen molar-refractivity contribution < 1.29 is 0 Å². The molecule has 0 aliphatic carbocycles. The predicted octanol–water partition coefficient (Wildman–Crippen LogP) is 4.41. The number of pyridine rings is 1. The molecule has 0 spiro atoms. The molecule has 0 saturated carbocycles. The van der Waals surface area contributed by atoms with E-state index >= 15 is 0 Å². The molecule has 2 rings (SSSR count). The zero-order chi connectivity index (χ0) is 13.7. The molecule has 1 aromatic heterocycles. The van der Waals surface area contributed by atoms with Gasteiger partial charge in [-0.2, -0.15) is 0 Å². The number of halogens is 1. The van der Waals surface area contributed by atoms with E-state index in [1.54, 1.807) is 11.8 Å². The van der Waals surface area contributed by atoms with Crippen molar-refractivity contribution in [2.75, 3.05) is 6.54 Å². The Morgan fingerprint density at radius 1 is 1.26 bits per heavy atom. The highest BCUT2D eigenvalue weighted by molar-refractivity contribution is 9.10. The van der Waals surface area contributed by atoms with E-state index in [1.807, 2.05) is 18.3 Å².